The van der Waals surface area contributed by atoms with Crippen molar-refractivity contribution in [2.24, 2.45) is 0 Å². The van der Waals surface area contributed by atoms with Gasteiger partial charge < -0.3 is 14.8 Å². The largest absolute Gasteiger partial charge is 0.493 e. The van der Waals surface area contributed by atoms with Crippen LogP contribution in [0.4, 0.5) is 0 Å². The molecule has 0 aromatic heterocycles. The lowest BCUT2D eigenvalue weighted by atomic mass is 10.1. The first-order valence-electron chi connectivity index (χ1n) is 8.15. The smallest absolute Gasteiger partial charge is 0.161 e. The topological polar surface area (TPSA) is 30.5 Å². The monoisotopic (exact) mass is 313 g/mol. The van der Waals surface area contributed by atoms with E-state index < -0.39 is 0 Å². The molecule has 0 amide bonds. The van der Waals surface area contributed by atoms with Gasteiger partial charge in [0.05, 0.1) is 7.11 Å². The van der Waals surface area contributed by atoms with Crippen molar-refractivity contribution >= 4 is 0 Å². The molecule has 0 bridgehead atoms. The van der Waals surface area contributed by atoms with Crippen LogP contribution in [0.25, 0.3) is 0 Å². The summed E-state index contributed by atoms with van der Waals surface area (Å²) in [5.41, 5.74) is 3.69. The lowest BCUT2D eigenvalue weighted by Gasteiger charge is -2.14. The summed E-state index contributed by atoms with van der Waals surface area (Å²) in [6.45, 7) is 4.83. The van der Waals surface area contributed by atoms with E-state index in [-0.39, 0.29) is 0 Å². The van der Waals surface area contributed by atoms with Gasteiger partial charge in [0.15, 0.2) is 11.5 Å². The van der Waals surface area contributed by atoms with Crippen LogP contribution in [0.1, 0.15) is 30.0 Å². The van der Waals surface area contributed by atoms with Gasteiger partial charge in [-0.1, -0.05) is 35.9 Å². The van der Waals surface area contributed by atoms with Crippen LogP contribution in [0, 0.1) is 6.92 Å². The predicted molar refractivity (Wildman–Crippen MR) is 95.3 cm³/mol. The van der Waals surface area contributed by atoms with Crippen LogP contribution >= 0.6 is 0 Å². The SMILES string of the molecule is CNC(C)CCc1ccc(OC)c(OCc2ccc(C)cc2)c1. The van der Waals surface area contributed by atoms with Gasteiger partial charge in [0.25, 0.3) is 0 Å². The quantitative estimate of drug-likeness (QED) is 0.795. The molecule has 3 heteroatoms. The second-order valence-corrected chi connectivity index (χ2v) is 5.99. The maximum absolute atomic E-state index is 5.99. The van der Waals surface area contributed by atoms with E-state index >= 15 is 0 Å². The average Bonchev–Trinajstić information content (AvgIpc) is 2.59. The van der Waals surface area contributed by atoms with Gasteiger partial charge in [0, 0.05) is 6.04 Å². The number of aryl methyl sites for hydroxylation is 2. The molecule has 0 radical (unpaired) electrons. The fourth-order valence-electron chi connectivity index (χ4n) is 2.36. The maximum atomic E-state index is 5.99. The third-order valence-corrected chi connectivity index (χ3v) is 4.10. The van der Waals surface area contributed by atoms with E-state index in [4.69, 9.17) is 9.47 Å². The molecule has 1 atom stereocenters. The molecule has 0 aliphatic heterocycles. The molecule has 0 heterocycles. The van der Waals surface area contributed by atoms with Crippen molar-refractivity contribution in [1.82, 2.24) is 5.32 Å². The van der Waals surface area contributed by atoms with Crippen LogP contribution in [0.2, 0.25) is 0 Å². The van der Waals surface area contributed by atoms with E-state index in [9.17, 15) is 0 Å². The maximum Gasteiger partial charge on any atom is 0.161 e. The molecule has 3 nitrogen and oxygen atoms in total. The Kier molecular flexibility index (Phi) is 6.48. The first kappa shape index (κ1) is 17.4. The molecule has 124 valence electrons. The van der Waals surface area contributed by atoms with Gasteiger partial charge >= 0.3 is 0 Å². The number of methoxy groups -OCH3 is 1. The highest BCUT2D eigenvalue weighted by atomic mass is 16.5. The summed E-state index contributed by atoms with van der Waals surface area (Å²) in [5.74, 6) is 1.59. The van der Waals surface area contributed by atoms with E-state index in [0.717, 1.165) is 29.9 Å². The zero-order chi connectivity index (χ0) is 16.7. The Morgan fingerprint density at radius 1 is 1.00 bits per heavy atom. The molecule has 2 aromatic rings. The van der Waals surface area contributed by atoms with Gasteiger partial charge in [-0.3, -0.25) is 0 Å². The molecule has 0 aliphatic carbocycles. The summed E-state index contributed by atoms with van der Waals surface area (Å²) in [6.07, 6.45) is 2.12. The minimum Gasteiger partial charge on any atom is -0.493 e. The normalized spacial score (nSPS) is 12.0. The van der Waals surface area contributed by atoms with Crippen LogP contribution in [0.3, 0.4) is 0 Å². The van der Waals surface area contributed by atoms with Crippen molar-refractivity contribution in [2.75, 3.05) is 14.2 Å². The molecule has 23 heavy (non-hydrogen) atoms. The van der Waals surface area contributed by atoms with Gasteiger partial charge in [0.1, 0.15) is 6.61 Å². The van der Waals surface area contributed by atoms with Crippen molar-refractivity contribution in [3.63, 3.8) is 0 Å². The molecule has 1 N–H and O–H groups in total. The Morgan fingerprint density at radius 2 is 1.70 bits per heavy atom. The van der Waals surface area contributed by atoms with Gasteiger partial charge in [0.2, 0.25) is 0 Å². The summed E-state index contributed by atoms with van der Waals surface area (Å²) in [4.78, 5) is 0. The van der Waals surface area contributed by atoms with E-state index in [2.05, 4.69) is 55.6 Å². The molecular weight excluding hydrogens is 286 g/mol. The standard InChI is InChI=1S/C20H27NO2/c1-15-5-8-18(9-6-15)14-23-20-13-17(10-7-16(2)21-3)11-12-19(20)22-4/h5-6,8-9,11-13,16,21H,7,10,14H2,1-4H3. The van der Waals surface area contributed by atoms with E-state index in [1.807, 2.05) is 13.1 Å². The molecule has 0 fully saturated rings. The van der Waals surface area contributed by atoms with Gasteiger partial charge in [-0.25, -0.2) is 0 Å². The highest BCUT2D eigenvalue weighted by Crippen LogP contribution is 2.29. The number of hydrogen-bond acceptors (Lipinski definition) is 3. The first-order chi connectivity index (χ1) is 11.1. The van der Waals surface area contributed by atoms with Crippen molar-refractivity contribution in [1.29, 1.82) is 0 Å². The minimum absolute atomic E-state index is 0.508. The summed E-state index contributed by atoms with van der Waals surface area (Å²) in [5, 5.41) is 3.27. The molecular formula is C20H27NO2. The van der Waals surface area contributed by atoms with Gasteiger partial charge in [-0.05, 0) is 57.0 Å². The molecule has 0 saturated heterocycles. The molecule has 1 unspecified atom stereocenters. The lowest BCUT2D eigenvalue weighted by molar-refractivity contribution is 0.284. The molecule has 0 saturated carbocycles. The molecule has 2 aromatic carbocycles. The van der Waals surface area contributed by atoms with Crippen molar-refractivity contribution in [2.45, 2.75) is 39.3 Å². The van der Waals surface area contributed by atoms with E-state index in [0.29, 0.717) is 12.6 Å². The third kappa shape index (κ3) is 5.29. The number of nitrogens with one attached hydrogen (secondary N) is 1. The highest BCUT2D eigenvalue weighted by molar-refractivity contribution is 5.43. The Morgan fingerprint density at radius 3 is 2.35 bits per heavy atom. The number of hydrogen-bond donors (Lipinski definition) is 1. The molecule has 2 rings (SSSR count). The summed E-state index contributed by atoms with van der Waals surface area (Å²) < 4.78 is 11.4. The Hall–Kier alpha value is -2.00. The zero-order valence-electron chi connectivity index (χ0n) is 14.6. The second-order valence-electron chi connectivity index (χ2n) is 5.99. The van der Waals surface area contributed by atoms with Crippen molar-refractivity contribution in [3.8, 4) is 11.5 Å². The highest BCUT2D eigenvalue weighted by Gasteiger charge is 2.07. The Labute approximate surface area is 139 Å². The van der Waals surface area contributed by atoms with Crippen LogP contribution in [0.5, 0.6) is 11.5 Å². The summed E-state index contributed by atoms with van der Waals surface area (Å²) in [6, 6.07) is 15.1. The number of benzene rings is 2. The zero-order valence-corrected chi connectivity index (χ0v) is 14.6. The Bertz CT molecular complexity index is 608. The van der Waals surface area contributed by atoms with Gasteiger partial charge in [-0.2, -0.15) is 0 Å². The van der Waals surface area contributed by atoms with Crippen molar-refractivity contribution in [3.05, 3.63) is 59.2 Å². The fourth-order valence-corrected chi connectivity index (χ4v) is 2.36. The average molecular weight is 313 g/mol. The second kappa shape index (κ2) is 8.59. The molecule has 0 spiro atoms. The van der Waals surface area contributed by atoms with Crippen molar-refractivity contribution < 1.29 is 9.47 Å². The predicted octanol–water partition coefficient (Wildman–Crippen LogP) is 4.12. The van der Waals surface area contributed by atoms with Crippen LogP contribution < -0.4 is 14.8 Å². The Balaban J connectivity index is 2.04. The fraction of sp³-hybridized carbons (Fsp3) is 0.400. The summed E-state index contributed by atoms with van der Waals surface area (Å²) in [7, 11) is 3.67. The number of ether oxygens (including phenoxy) is 2. The third-order valence-electron chi connectivity index (χ3n) is 4.10. The van der Waals surface area contributed by atoms with Crippen LogP contribution in [-0.4, -0.2) is 20.2 Å². The van der Waals surface area contributed by atoms with Crippen LogP contribution in [0.15, 0.2) is 42.5 Å². The minimum atomic E-state index is 0.508. The first-order valence-corrected chi connectivity index (χ1v) is 8.15. The van der Waals surface area contributed by atoms with Crippen LogP contribution in [-0.2, 0) is 13.0 Å². The van der Waals surface area contributed by atoms with E-state index in [1.54, 1.807) is 7.11 Å². The number of rotatable bonds is 8. The summed E-state index contributed by atoms with van der Waals surface area (Å²) >= 11 is 0. The molecule has 0 aliphatic rings. The lowest BCUT2D eigenvalue weighted by Crippen LogP contribution is -2.21. The van der Waals surface area contributed by atoms with Gasteiger partial charge in [-0.15, -0.1) is 0 Å². The van der Waals surface area contributed by atoms with E-state index in [1.165, 1.54) is 11.1 Å².